The lowest BCUT2D eigenvalue weighted by atomic mass is 10.3. The Bertz CT molecular complexity index is 873. The molecule has 1 aromatic carbocycles. The van der Waals surface area contributed by atoms with Crippen molar-refractivity contribution in [2.24, 2.45) is 5.10 Å². The predicted octanol–water partition coefficient (Wildman–Crippen LogP) is 3.03. The van der Waals surface area contributed by atoms with Crippen LogP contribution in [0.25, 0.3) is 0 Å². The van der Waals surface area contributed by atoms with Crippen LogP contribution in [0.5, 0.6) is 11.5 Å². The summed E-state index contributed by atoms with van der Waals surface area (Å²) in [5, 5.41) is 3.87. The molecule has 2 aromatic heterocycles. The quantitative estimate of drug-likeness (QED) is 0.522. The monoisotopic (exact) mass is 351 g/mol. The van der Waals surface area contributed by atoms with Crippen molar-refractivity contribution >= 4 is 12.1 Å². The van der Waals surface area contributed by atoms with Gasteiger partial charge in [-0.15, -0.1) is 0 Å². The number of benzene rings is 1. The lowest BCUT2D eigenvalue weighted by Crippen LogP contribution is -2.17. The number of hydrazone groups is 1. The van der Waals surface area contributed by atoms with Gasteiger partial charge in [0.2, 0.25) is 0 Å². The minimum atomic E-state index is -0.344. The molecule has 0 fully saturated rings. The number of carbonyl (C=O) groups excluding carboxylic acids is 1. The number of nitrogens with zero attached hydrogens (tertiary/aromatic N) is 2. The lowest BCUT2D eigenvalue weighted by Gasteiger charge is -2.05. The Morgan fingerprint density at radius 3 is 2.73 bits per heavy atom. The predicted molar refractivity (Wildman–Crippen MR) is 95.3 cm³/mol. The van der Waals surface area contributed by atoms with Crippen LogP contribution in [0.1, 0.15) is 21.9 Å². The van der Waals surface area contributed by atoms with Gasteiger partial charge >= 0.3 is 0 Å². The summed E-state index contributed by atoms with van der Waals surface area (Å²) >= 11 is 0. The molecule has 7 nitrogen and oxygen atoms in total. The van der Waals surface area contributed by atoms with Gasteiger partial charge in [0.05, 0.1) is 18.9 Å². The van der Waals surface area contributed by atoms with Crippen molar-refractivity contribution in [2.75, 3.05) is 7.11 Å². The number of nitrogens with one attached hydrogen (secondary N) is 1. The molecule has 1 N–H and O–H groups in total. The summed E-state index contributed by atoms with van der Waals surface area (Å²) in [6.45, 7) is 0.280. The summed E-state index contributed by atoms with van der Waals surface area (Å²) in [6.07, 6.45) is 4.48. The van der Waals surface area contributed by atoms with Gasteiger partial charge in [-0.05, 0) is 48.5 Å². The molecule has 3 rings (SSSR count). The highest BCUT2D eigenvalue weighted by atomic mass is 16.5. The molecule has 0 radical (unpaired) electrons. The van der Waals surface area contributed by atoms with E-state index in [1.807, 2.05) is 24.3 Å². The maximum Gasteiger partial charge on any atom is 0.272 e. The van der Waals surface area contributed by atoms with E-state index in [9.17, 15) is 4.79 Å². The van der Waals surface area contributed by atoms with Crippen molar-refractivity contribution in [2.45, 2.75) is 6.61 Å². The fourth-order valence-electron chi connectivity index (χ4n) is 2.08. The average molecular weight is 351 g/mol. The van der Waals surface area contributed by atoms with E-state index >= 15 is 0 Å². The van der Waals surface area contributed by atoms with Crippen LogP contribution in [-0.4, -0.2) is 24.2 Å². The van der Waals surface area contributed by atoms with Gasteiger partial charge in [-0.1, -0.05) is 0 Å². The topological polar surface area (TPSA) is 86.0 Å². The number of rotatable bonds is 7. The van der Waals surface area contributed by atoms with E-state index in [1.165, 1.54) is 12.4 Å². The first-order chi connectivity index (χ1) is 12.7. The molecule has 0 spiro atoms. The molecule has 3 aromatic rings. The second kappa shape index (κ2) is 8.48. The first-order valence-electron chi connectivity index (χ1n) is 7.83. The molecular weight excluding hydrogens is 334 g/mol. The third-order valence-electron chi connectivity index (χ3n) is 3.40. The van der Waals surface area contributed by atoms with E-state index in [0.717, 1.165) is 5.75 Å². The molecule has 132 valence electrons. The average Bonchev–Trinajstić information content (AvgIpc) is 3.15. The van der Waals surface area contributed by atoms with Crippen molar-refractivity contribution in [3.63, 3.8) is 0 Å². The van der Waals surface area contributed by atoms with Crippen molar-refractivity contribution < 1.29 is 18.7 Å². The lowest BCUT2D eigenvalue weighted by molar-refractivity contribution is 0.0954. The second-order valence-electron chi connectivity index (χ2n) is 5.21. The van der Waals surface area contributed by atoms with Gasteiger partial charge in [-0.25, -0.2) is 5.43 Å². The molecule has 0 atom stereocenters. The Balaban J connectivity index is 1.50. The van der Waals surface area contributed by atoms with E-state index in [1.54, 1.807) is 37.6 Å². The Hall–Kier alpha value is -3.61. The Morgan fingerprint density at radius 1 is 1.19 bits per heavy atom. The van der Waals surface area contributed by atoms with Crippen molar-refractivity contribution in [3.8, 4) is 11.5 Å². The third kappa shape index (κ3) is 4.70. The fraction of sp³-hybridized carbons (Fsp3) is 0.105. The number of aromatic nitrogens is 1. The molecule has 0 aliphatic rings. The van der Waals surface area contributed by atoms with Gasteiger partial charge in [0, 0.05) is 12.4 Å². The van der Waals surface area contributed by atoms with E-state index < -0.39 is 0 Å². The van der Waals surface area contributed by atoms with Crippen molar-refractivity contribution in [3.05, 3.63) is 78.0 Å². The molecule has 1 amide bonds. The van der Waals surface area contributed by atoms with Crippen molar-refractivity contribution in [1.82, 2.24) is 10.4 Å². The van der Waals surface area contributed by atoms with Gasteiger partial charge in [-0.3, -0.25) is 9.78 Å². The zero-order valence-electron chi connectivity index (χ0n) is 14.1. The van der Waals surface area contributed by atoms with Crippen LogP contribution in [0.15, 0.2) is 70.4 Å². The number of methoxy groups -OCH3 is 1. The van der Waals surface area contributed by atoms with Crippen molar-refractivity contribution in [1.29, 1.82) is 0 Å². The first kappa shape index (κ1) is 17.2. The van der Waals surface area contributed by atoms with E-state index in [4.69, 9.17) is 13.9 Å². The largest absolute Gasteiger partial charge is 0.497 e. The summed E-state index contributed by atoms with van der Waals surface area (Å²) in [4.78, 5) is 15.7. The van der Waals surface area contributed by atoms with Crippen LogP contribution in [0.4, 0.5) is 0 Å². The number of pyridine rings is 1. The zero-order chi connectivity index (χ0) is 18.2. The van der Waals surface area contributed by atoms with Gasteiger partial charge in [0.15, 0.2) is 0 Å². The third-order valence-corrected chi connectivity index (χ3v) is 3.40. The summed E-state index contributed by atoms with van der Waals surface area (Å²) in [5.74, 6) is 2.28. The molecule has 7 heteroatoms. The maximum absolute atomic E-state index is 11.8. The normalized spacial score (nSPS) is 10.7. The molecule has 0 saturated heterocycles. The van der Waals surface area contributed by atoms with E-state index in [2.05, 4.69) is 15.5 Å². The summed E-state index contributed by atoms with van der Waals surface area (Å²) in [5.41, 5.74) is 2.84. The van der Waals surface area contributed by atoms with E-state index in [-0.39, 0.29) is 12.5 Å². The smallest absolute Gasteiger partial charge is 0.272 e. The molecular formula is C19H17N3O4. The molecule has 0 aliphatic heterocycles. The summed E-state index contributed by atoms with van der Waals surface area (Å²) in [7, 11) is 1.61. The van der Waals surface area contributed by atoms with Crippen LogP contribution < -0.4 is 14.9 Å². The Kier molecular flexibility index (Phi) is 5.61. The highest BCUT2D eigenvalue weighted by molar-refractivity contribution is 5.94. The molecule has 0 saturated carbocycles. The van der Waals surface area contributed by atoms with Crippen LogP contribution >= 0.6 is 0 Å². The summed E-state index contributed by atoms with van der Waals surface area (Å²) < 4.78 is 16.3. The number of amides is 1. The number of furan rings is 1. The standard InChI is InChI=1S/C19H17N3O4/c1-24-15-4-6-16(7-5-15)25-13-18-9-8-17(26-18)12-21-22-19(23)14-3-2-10-20-11-14/h2-12H,13H2,1H3,(H,22,23)/b21-12-. The minimum Gasteiger partial charge on any atom is -0.497 e. The molecule has 2 heterocycles. The number of carbonyl (C=O) groups is 1. The van der Waals surface area contributed by atoms with Crippen LogP contribution in [0.2, 0.25) is 0 Å². The SMILES string of the molecule is COc1ccc(OCc2ccc(/C=N\NC(=O)c3cccnc3)o2)cc1. The maximum atomic E-state index is 11.8. The first-order valence-corrected chi connectivity index (χ1v) is 7.83. The van der Waals surface area contributed by atoms with Gasteiger partial charge < -0.3 is 13.9 Å². The highest BCUT2D eigenvalue weighted by Gasteiger charge is 2.04. The van der Waals surface area contributed by atoms with Crippen LogP contribution in [-0.2, 0) is 6.61 Å². The van der Waals surface area contributed by atoms with Gasteiger partial charge in [0.1, 0.15) is 29.6 Å². The van der Waals surface area contributed by atoms with Gasteiger partial charge in [0.25, 0.3) is 5.91 Å². The van der Waals surface area contributed by atoms with Gasteiger partial charge in [-0.2, -0.15) is 5.10 Å². The molecule has 0 bridgehead atoms. The molecule has 0 unspecified atom stereocenters. The number of ether oxygens (including phenoxy) is 2. The highest BCUT2D eigenvalue weighted by Crippen LogP contribution is 2.18. The Morgan fingerprint density at radius 2 is 2.00 bits per heavy atom. The second-order valence-corrected chi connectivity index (χ2v) is 5.21. The summed E-state index contributed by atoms with van der Waals surface area (Å²) in [6, 6.07) is 14.1. The zero-order valence-corrected chi connectivity index (χ0v) is 14.1. The van der Waals surface area contributed by atoms with Crippen LogP contribution in [0.3, 0.4) is 0 Å². The van der Waals surface area contributed by atoms with Crippen LogP contribution in [0, 0.1) is 0 Å². The fourth-order valence-corrected chi connectivity index (χ4v) is 2.08. The number of hydrogen-bond acceptors (Lipinski definition) is 6. The minimum absolute atomic E-state index is 0.280. The molecule has 26 heavy (non-hydrogen) atoms. The number of hydrogen-bond donors (Lipinski definition) is 1. The Labute approximate surface area is 150 Å². The molecule has 0 aliphatic carbocycles. The van der Waals surface area contributed by atoms with E-state index in [0.29, 0.717) is 22.8 Å².